The lowest BCUT2D eigenvalue weighted by Crippen LogP contribution is -2.56. The van der Waals surface area contributed by atoms with Crippen LogP contribution in [0.2, 0.25) is 0 Å². The van der Waals surface area contributed by atoms with Crippen LogP contribution >= 0.6 is 22.6 Å². The van der Waals surface area contributed by atoms with Crippen LogP contribution in [0.1, 0.15) is 28.9 Å². The third kappa shape index (κ3) is 4.81. The molecule has 2 aliphatic rings. The van der Waals surface area contributed by atoms with Crippen LogP contribution in [0.15, 0.2) is 28.1 Å². The van der Waals surface area contributed by atoms with E-state index < -0.39 is 21.5 Å². The van der Waals surface area contributed by atoms with E-state index in [-0.39, 0.29) is 52.6 Å². The number of piperidine rings is 1. The molecular weight excluding hydrogens is 589 g/mol. The molecule has 1 amide bonds. The maximum atomic E-state index is 13.3. The number of hydrogen-bond donors (Lipinski definition) is 4. The second kappa shape index (κ2) is 9.43. The minimum atomic E-state index is -3.88. The van der Waals surface area contributed by atoms with Gasteiger partial charge in [0.1, 0.15) is 14.3 Å². The molecular formula is C20H22IN9O4S. The summed E-state index contributed by atoms with van der Waals surface area (Å²) in [7, 11) is -2.50. The van der Waals surface area contributed by atoms with Crippen LogP contribution in [-0.4, -0.2) is 66.8 Å². The number of aromatic nitrogens is 2. The number of guanidine groups is 1. The molecule has 6 N–H and O–H groups in total. The third-order valence-corrected chi connectivity index (χ3v) is 8.58. The summed E-state index contributed by atoms with van der Waals surface area (Å²) in [6.07, 6.45) is 0.911. The van der Waals surface area contributed by atoms with Crippen LogP contribution in [0.25, 0.3) is 0 Å². The van der Waals surface area contributed by atoms with E-state index in [9.17, 15) is 18.5 Å². The van der Waals surface area contributed by atoms with Crippen LogP contribution in [0, 0.1) is 15.0 Å². The van der Waals surface area contributed by atoms with Crippen molar-refractivity contribution in [2.24, 2.45) is 4.99 Å². The lowest BCUT2D eigenvalue weighted by molar-refractivity contribution is 0.0971. The van der Waals surface area contributed by atoms with Crippen molar-refractivity contribution in [3.8, 4) is 11.8 Å². The SMILES string of the molecule is COc1ccc(C#N)cc1S(=O)(=O)N1CCC2(CC1)CN=C(NC(=O)c1nc(I)c(N)nc1N)N2. The average Bonchev–Trinajstić information content (AvgIpc) is 3.22. The van der Waals surface area contributed by atoms with Crippen LogP contribution in [-0.2, 0) is 10.0 Å². The average molecular weight is 611 g/mol. The van der Waals surface area contributed by atoms with Gasteiger partial charge < -0.3 is 21.5 Å². The molecule has 35 heavy (non-hydrogen) atoms. The molecule has 1 aromatic heterocycles. The molecule has 2 aliphatic heterocycles. The number of nitrogens with zero attached hydrogens (tertiary/aromatic N) is 5. The number of amides is 1. The predicted octanol–water partition coefficient (Wildman–Crippen LogP) is 0.0384. The molecule has 1 aromatic carbocycles. The van der Waals surface area contributed by atoms with E-state index >= 15 is 0 Å². The molecule has 1 fully saturated rings. The lowest BCUT2D eigenvalue weighted by atomic mass is 9.89. The number of carbonyl (C=O) groups excluding carboxylic acids is 1. The molecule has 4 rings (SSSR count). The number of nitrogen functional groups attached to an aromatic ring is 2. The summed E-state index contributed by atoms with van der Waals surface area (Å²) in [6, 6.07) is 6.24. The number of methoxy groups -OCH3 is 1. The number of aliphatic imine (C=N–C) groups is 1. The number of benzene rings is 1. The molecule has 0 aliphatic carbocycles. The standard InChI is InChI=1S/C20H22IN9O4S/c1-34-12-3-2-11(9-22)8-13(12)35(32,33)30-6-4-20(5-7-30)10-25-19(29-20)28-18(31)14-16(23)27-17(24)15(21)26-14/h2-3,8H,4-7,10H2,1H3,(H4,23,24,27)(H2,25,28,29,31). The summed E-state index contributed by atoms with van der Waals surface area (Å²) in [5, 5.41) is 15.0. The lowest BCUT2D eigenvalue weighted by Gasteiger charge is -2.38. The summed E-state index contributed by atoms with van der Waals surface area (Å²) < 4.78 is 33.5. The number of hydrogen-bond acceptors (Lipinski definition) is 11. The number of nitrogens with two attached hydrogens (primary N) is 2. The number of carbonyl (C=O) groups is 1. The van der Waals surface area contributed by atoms with E-state index in [4.69, 9.17) is 16.2 Å². The maximum Gasteiger partial charge on any atom is 0.280 e. The molecule has 0 radical (unpaired) electrons. The quantitative estimate of drug-likeness (QED) is 0.342. The molecule has 1 saturated heterocycles. The number of nitrogens with one attached hydrogen (secondary N) is 2. The van der Waals surface area contributed by atoms with E-state index in [1.165, 1.54) is 29.6 Å². The highest BCUT2D eigenvalue weighted by atomic mass is 127. The van der Waals surface area contributed by atoms with Crippen molar-refractivity contribution >= 4 is 56.1 Å². The first kappa shape index (κ1) is 24.9. The summed E-state index contributed by atoms with van der Waals surface area (Å²) >= 11 is 1.86. The van der Waals surface area contributed by atoms with E-state index in [1.807, 2.05) is 28.7 Å². The fraction of sp³-hybridized carbons (Fsp3) is 0.350. The summed E-state index contributed by atoms with van der Waals surface area (Å²) in [4.78, 5) is 25.0. The summed E-state index contributed by atoms with van der Waals surface area (Å²) in [5.74, 6) is -0.114. The molecule has 3 heterocycles. The van der Waals surface area contributed by atoms with Gasteiger partial charge in [0, 0.05) is 13.1 Å². The molecule has 15 heteroatoms. The van der Waals surface area contributed by atoms with E-state index in [1.54, 1.807) is 0 Å². The van der Waals surface area contributed by atoms with Crippen LogP contribution in [0.5, 0.6) is 5.75 Å². The first-order valence-corrected chi connectivity index (χ1v) is 12.9. The number of nitriles is 1. The van der Waals surface area contributed by atoms with E-state index in [2.05, 4.69) is 25.6 Å². The zero-order valence-corrected chi connectivity index (χ0v) is 21.6. The van der Waals surface area contributed by atoms with Crippen molar-refractivity contribution < 1.29 is 17.9 Å². The van der Waals surface area contributed by atoms with E-state index in [0.29, 0.717) is 23.1 Å². The van der Waals surface area contributed by atoms with Crippen LogP contribution in [0.3, 0.4) is 0 Å². The highest BCUT2D eigenvalue weighted by Gasteiger charge is 2.42. The number of ether oxygens (including phenoxy) is 1. The van der Waals surface area contributed by atoms with Gasteiger partial charge >= 0.3 is 0 Å². The molecule has 0 bridgehead atoms. The molecule has 13 nitrogen and oxygen atoms in total. The zero-order chi connectivity index (χ0) is 25.4. The fourth-order valence-electron chi connectivity index (χ4n) is 3.93. The minimum Gasteiger partial charge on any atom is -0.495 e. The van der Waals surface area contributed by atoms with Crippen molar-refractivity contribution in [3.63, 3.8) is 0 Å². The molecule has 2 aromatic rings. The van der Waals surface area contributed by atoms with Crippen LogP contribution in [0.4, 0.5) is 11.6 Å². The van der Waals surface area contributed by atoms with Crippen molar-refractivity contribution in [1.29, 1.82) is 5.26 Å². The number of halogens is 1. The maximum absolute atomic E-state index is 13.3. The summed E-state index contributed by atoms with van der Waals surface area (Å²) in [6.45, 7) is 0.811. The van der Waals surface area contributed by atoms with Gasteiger partial charge in [-0.15, -0.1) is 0 Å². The molecule has 1 spiro atoms. The normalized spacial score (nSPS) is 17.3. The Balaban J connectivity index is 1.42. The van der Waals surface area contributed by atoms with Crippen molar-refractivity contribution in [3.05, 3.63) is 33.2 Å². The Hall–Kier alpha value is -3.23. The molecule has 0 unspecified atom stereocenters. The highest BCUT2D eigenvalue weighted by molar-refractivity contribution is 14.1. The topological polar surface area (TPSA) is 202 Å². The first-order chi connectivity index (χ1) is 16.6. The van der Waals surface area contributed by atoms with Gasteiger partial charge in [-0.25, -0.2) is 18.4 Å². The second-order valence-corrected chi connectivity index (χ2v) is 11.0. The van der Waals surface area contributed by atoms with Crippen LogP contribution < -0.4 is 26.8 Å². The van der Waals surface area contributed by atoms with E-state index in [0.717, 1.165) is 0 Å². The van der Waals surface area contributed by atoms with Gasteiger partial charge in [-0.1, -0.05) is 0 Å². The number of sulfonamides is 1. The monoisotopic (exact) mass is 611 g/mol. The fourth-order valence-corrected chi connectivity index (χ4v) is 5.92. The number of anilines is 2. The van der Waals surface area contributed by atoms with Gasteiger partial charge in [0.25, 0.3) is 5.91 Å². The van der Waals surface area contributed by atoms with Gasteiger partial charge in [-0.2, -0.15) is 9.57 Å². The number of rotatable bonds is 4. The second-order valence-electron chi connectivity index (χ2n) is 8.04. The molecule has 184 valence electrons. The first-order valence-electron chi connectivity index (χ1n) is 10.4. The van der Waals surface area contributed by atoms with Crippen molar-refractivity contribution in [2.45, 2.75) is 23.3 Å². The minimum absolute atomic E-state index is 0.0459. The smallest absolute Gasteiger partial charge is 0.280 e. The Morgan fingerprint density at radius 1 is 1.29 bits per heavy atom. The highest BCUT2D eigenvalue weighted by Crippen LogP contribution is 2.33. The Labute approximate surface area is 215 Å². The Morgan fingerprint density at radius 3 is 2.66 bits per heavy atom. The third-order valence-electron chi connectivity index (χ3n) is 5.87. The van der Waals surface area contributed by atoms with Gasteiger partial charge in [0.2, 0.25) is 10.0 Å². The molecule has 0 saturated carbocycles. The summed E-state index contributed by atoms with van der Waals surface area (Å²) in [5.41, 5.74) is 11.1. The Morgan fingerprint density at radius 2 is 2.00 bits per heavy atom. The van der Waals surface area contributed by atoms with Crippen molar-refractivity contribution in [2.75, 3.05) is 38.2 Å². The largest absolute Gasteiger partial charge is 0.495 e. The van der Waals surface area contributed by atoms with Gasteiger partial charge in [-0.05, 0) is 53.6 Å². The van der Waals surface area contributed by atoms with Gasteiger partial charge in [0.15, 0.2) is 23.3 Å². The zero-order valence-electron chi connectivity index (χ0n) is 18.6. The van der Waals surface area contributed by atoms with Crippen molar-refractivity contribution in [1.82, 2.24) is 24.9 Å². The Bertz CT molecular complexity index is 1370. The van der Waals surface area contributed by atoms with Gasteiger partial charge in [0.05, 0.1) is 30.8 Å². The predicted molar refractivity (Wildman–Crippen MR) is 135 cm³/mol. The Kier molecular flexibility index (Phi) is 6.71. The molecule has 0 atom stereocenters. The van der Waals surface area contributed by atoms with Gasteiger partial charge in [-0.3, -0.25) is 15.1 Å².